The SMILES string of the molecule is [2H]c1c([2H])c2c(c([2H])c1-c1cccc(-c3c([2H])c([2H])c4c(c3[2H])C(C([2H])([2H])[2H])(C([2H])([2H])[2H])C([2H])([2H])C([2H])([2H])C4(C([2H])([2H])[2H])C([2H])([2H])[2H])c1-[n+]1[c-]n(-c3[c-]c(Oc4[c-]c5c(cc4)c4ccccc4n5-c4cc(C([2H])([2H])[2H])c(-c5ccccc5)cn4)ccc3)c3ccccc31)C(C([2H])([2H])[2H])(C([2H])([2H])[2H])C([2H])([2H])C([2H])([2H])C2(C([2H])([2H])[2H])C([2H])([2H])[2H].[Pt]. The van der Waals surface area contributed by atoms with Crippen molar-refractivity contribution >= 4 is 32.8 Å². The van der Waals surface area contributed by atoms with E-state index in [1.807, 2.05) is 6.07 Å². The first kappa shape index (κ1) is 22.2. The second kappa shape index (κ2) is 18.7. The molecule has 0 spiro atoms. The van der Waals surface area contributed by atoms with E-state index in [9.17, 15) is 19.2 Å². The molecule has 0 saturated heterocycles. The number of hydrogen-bond acceptors (Lipinski definition) is 2. The van der Waals surface area contributed by atoms with Gasteiger partial charge in [-0.05, 0) is 133 Å². The number of rotatable bonds is 8. The number of para-hydroxylation sites is 4. The van der Waals surface area contributed by atoms with E-state index < -0.39 is 195 Å². The Morgan fingerprint density at radius 2 is 1.17 bits per heavy atom. The second-order valence-corrected chi connectivity index (χ2v) is 18.4. The number of benzene rings is 8. The van der Waals surface area contributed by atoms with Crippen LogP contribution in [-0.2, 0) is 42.7 Å². The molecule has 5 nitrogen and oxygen atoms in total. The van der Waals surface area contributed by atoms with Crippen molar-refractivity contribution in [1.29, 1.82) is 0 Å². The van der Waals surface area contributed by atoms with Crippen LogP contribution in [-0.4, -0.2) is 14.1 Å². The van der Waals surface area contributed by atoms with E-state index in [1.54, 1.807) is 65.2 Å². The molecule has 3 aromatic heterocycles. The topological polar surface area (TPSA) is 35.9 Å². The molecule has 13 rings (SSSR count). The number of imidazole rings is 1. The van der Waals surface area contributed by atoms with Crippen molar-refractivity contribution < 1.29 is 86.6 Å². The Bertz CT molecular complexity index is 5670. The Morgan fingerprint density at radius 1 is 0.571 bits per heavy atom. The summed E-state index contributed by atoms with van der Waals surface area (Å²) in [6.07, 6.45) is -14.9. The molecule has 2 aliphatic carbocycles. The zero-order valence-electron chi connectivity index (χ0n) is 80.8. The maximum atomic E-state index is 10.4. The van der Waals surface area contributed by atoms with E-state index in [1.165, 1.54) is 59.3 Å². The monoisotopic (exact) mass is 1220 g/mol. The molecule has 0 amide bonds. The van der Waals surface area contributed by atoms with E-state index in [4.69, 9.17) is 46.7 Å². The van der Waals surface area contributed by atoms with Crippen LogP contribution in [0.15, 0.2) is 176 Å². The molecule has 0 atom stereocenters. The minimum atomic E-state index is -4.87. The summed E-state index contributed by atoms with van der Waals surface area (Å²) >= 11 is 0. The van der Waals surface area contributed by atoms with E-state index in [0.717, 1.165) is 22.8 Å². The number of fused-ring (bicyclic) bond motifs is 6. The van der Waals surface area contributed by atoms with Crippen LogP contribution < -0.4 is 9.30 Å². The van der Waals surface area contributed by atoms with Crippen molar-refractivity contribution in [3.05, 3.63) is 222 Å². The van der Waals surface area contributed by atoms with Crippen LogP contribution in [0.2, 0.25) is 0 Å². The van der Waals surface area contributed by atoms with Gasteiger partial charge in [-0.25, -0.2) is 4.98 Å². The van der Waals surface area contributed by atoms with Gasteiger partial charge in [0.2, 0.25) is 0 Å². The third kappa shape index (κ3) is 8.57. The summed E-state index contributed by atoms with van der Waals surface area (Å²) in [6, 6.07) is 28.9. The molecule has 6 heteroatoms. The van der Waals surface area contributed by atoms with Gasteiger partial charge >= 0.3 is 0 Å². The van der Waals surface area contributed by atoms with Crippen molar-refractivity contribution in [1.82, 2.24) is 14.1 Å². The van der Waals surface area contributed by atoms with Gasteiger partial charge in [0.05, 0.1) is 24.9 Å². The summed E-state index contributed by atoms with van der Waals surface area (Å²) in [7, 11) is 0. The van der Waals surface area contributed by atoms with Crippen molar-refractivity contribution in [2.75, 3.05) is 0 Å². The van der Waals surface area contributed by atoms with Crippen molar-refractivity contribution in [2.24, 2.45) is 0 Å². The second-order valence-electron chi connectivity index (χ2n) is 18.4. The van der Waals surface area contributed by atoms with Gasteiger partial charge in [0.15, 0.2) is 0 Å². The van der Waals surface area contributed by atoms with Crippen LogP contribution in [0.5, 0.6) is 11.5 Å². The molecular weight excluding hydrogens is 1120 g/mol. The van der Waals surface area contributed by atoms with Gasteiger partial charge in [0, 0.05) is 97.8 Å². The number of nitrogens with zero attached hydrogens (tertiary/aromatic N) is 4. The molecule has 3 heterocycles. The van der Waals surface area contributed by atoms with E-state index in [-0.39, 0.29) is 60.7 Å². The molecule has 0 bridgehead atoms. The standard InChI is InChI=1S/C71H64N4O.Pt/c1-46-39-66(72-44-57(46)47-19-11-10-12-20-47)75-62-26-14-13-23-55(62)56-32-31-52(43-65(56)75)76-51-22-17-21-50(42-51)73-45-74(64-28-16-15-27-63(64)73)67-53(48-29-33-58-60(40-48)70(6,7)37-35-68(58,2)3)24-18-25-54(67)49-30-34-59-61(41-49)71(8,9)38-36-69(59,4)5;/h10-34,39-41,44H,35-38H2,1-9H3;/q-2;/i1D3,2D3,3D3,4D3,5D3,6D3,7D3,8D3,9D3,29D,30D,33D,34D,35D2,36D2,37D2,38D2,40D,41D;. The first-order valence-electron chi connectivity index (χ1n) is 44.0. The van der Waals surface area contributed by atoms with Crippen molar-refractivity contribution in [2.45, 2.75) is 109 Å². The zero-order chi connectivity index (χ0) is 87.2. The summed E-state index contributed by atoms with van der Waals surface area (Å²) in [5, 5.41) is 1.31. The van der Waals surface area contributed by atoms with Crippen LogP contribution in [0.4, 0.5) is 0 Å². The molecule has 0 fully saturated rings. The number of hydrogen-bond donors (Lipinski definition) is 0. The summed E-state index contributed by atoms with van der Waals surface area (Å²) in [4.78, 5) is 4.77. The molecule has 0 aliphatic heterocycles. The van der Waals surface area contributed by atoms with Crippen LogP contribution in [0.1, 0.15) is 164 Å². The van der Waals surface area contributed by atoms with E-state index in [2.05, 4.69) is 18.5 Å². The van der Waals surface area contributed by atoms with Gasteiger partial charge in [-0.3, -0.25) is 4.57 Å². The fourth-order valence-corrected chi connectivity index (χ4v) is 9.75. The minimum Gasteiger partial charge on any atom is -0.510 e. The molecule has 2 aliphatic rings. The third-order valence-corrected chi connectivity index (χ3v) is 13.3. The fourth-order valence-electron chi connectivity index (χ4n) is 9.75. The smallest absolute Gasteiger partial charge is 0.268 e. The third-order valence-electron chi connectivity index (χ3n) is 13.3. The zero-order valence-corrected chi connectivity index (χ0v) is 42.1. The summed E-state index contributed by atoms with van der Waals surface area (Å²) in [6.45, 7) is -39.2. The van der Waals surface area contributed by atoms with Crippen LogP contribution >= 0.6 is 0 Å². The molecule has 386 valence electrons. The largest absolute Gasteiger partial charge is 0.510 e. The normalized spacial score (nSPS) is 27.9. The van der Waals surface area contributed by atoms with E-state index >= 15 is 0 Å². The summed E-state index contributed by atoms with van der Waals surface area (Å²) in [5.74, 6) is 0.0915. The average molecular weight is 1230 g/mol. The van der Waals surface area contributed by atoms with Gasteiger partial charge in [0.1, 0.15) is 5.82 Å². The molecule has 11 aromatic rings. The predicted molar refractivity (Wildman–Crippen MR) is 312 cm³/mol. The predicted octanol–water partition coefficient (Wildman–Crippen LogP) is 17.6. The van der Waals surface area contributed by atoms with Gasteiger partial charge in [0.25, 0.3) is 6.33 Å². The molecule has 8 aromatic carbocycles. The fraction of sp³-hybridized carbons (Fsp3) is 0.239. The van der Waals surface area contributed by atoms with Crippen LogP contribution in [0, 0.1) is 25.3 Å². The maximum Gasteiger partial charge on any atom is 0.268 e. The van der Waals surface area contributed by atoms with Crippen LogP contribution in [0.25, 0.3) is 83.4 Å². The molecule has 77 heavy (non-hydrogen) atoms. The number of aromatic nitrogens is 4. The minimum absolute atomic E-state index is 0. The summed E-state index contributed by atoms with van der Waals surface area (Å²) < 4.78 is 388. The Balaban J connectivity index is 0.0000128. The Kier molecular flexibility index (Phi) is 5.39. The van der Waals surface area contributed by atoms with Gasteiger partial charge in [-0.15, -0.1) is 29.7 Å². The number of aryl methyl sites for hydroxylation is 1. The van der Waals surface area contributed by atoms with Crippen LogP contribution in [0.3, 0.4) is 0 Å². The Hall–Kier alpha value is -7.33. The Labute approximate surface area is 526 Å². The molecule has 0 radical (unpaired) electrons. The van der Waals surface area contributed by atoms with Gasteiger partial charge < -0.3 is 13.9 Å². The van der Waals surface area contributed by atoms with E-state index in [0.29, 0.717) is 32.9 Å². The number of pyridine rings is 1. The summed E-state index contributed by atoms with van der Waals surface area (Å²) in [5.41, 5.74) is -30.5. The molecule has 0 N–H and O–H groups in total. The first-order chi connectivity index (χ1) is 53.4. The number of ether oxygens (including phenoxy) is 1. The maximum absolute atomic E-state index is 10.4. The Morgan fingerprint density at radius 3 is 1.83 bits per heavy atom. The molecule has 0 unspecified atom stereocenters. The van der Waals surface area contributed by atoms with Crippen molar-refractivity contribution in [3.63, 3.8) is 0 Å². The van der Waals surface area contributed by atoms with Gasteiger partial charge in [-0.1, -0.05) is 188 Å². The molecular formula is C71H64N4OPt-2. The quantitative estimate of drug-likeness (QED) is 0.112. The van der Waals surface area contributed by atoms with Crippen molar-refractivity contribution in [3.8, 4) is 62.1 Å². The average Bonchev–Trinajstić information content (AvgIpc) is 0.842. The first-order valence-corrected chi connectivity index (χ1v) is 23.5. The van der Waals surface area contributed by atoms with Gasteiger partial charge in [-0.2, -0.15) is 18.2 Å². The molecule has 0 saturated carbocycles.